The summed E-state index contributed by atoms with van der Waals surface area (Å²) in [6, 6.07) is 5.60. The largest absolute Gasteiger partial charge is 0.367 e. The van der Waals surface area contributed by atoms with E-state index in [1.54, 1.807) is 12.3 Å². The van der Waals surface area contributed by atoms with Gasteiger partial charge in [0.15, 0.2) is 0 Å². The average molecular weight is 361 g/mol. The number of nitrogens with one attached hydrogen (secondary N) is 2. The van der Waals surface area contributed by atoms with Crippen molar-refractivity contribution in [2.24, 2.45) is 0 Å². The fourth-order valence-electron chi connectivity index (χ4n) is 3.33. The van der Waals surface area contributed by atoms with Gasteiger partial charge in [0, 0.05) is 32.1 Å². The van der Waals surface area contributed by atoms with E-state index in [4.69, 9.17) is 11.6 Å². The number of hydrogen-bond donors (Lipinski definition) is 2. The van der Waals surface area contributed by atoms with E-state index in [0.717, 1.165) is 29.6 Å². The minimum atomic E-state index is -0.470. The molecule has 2 N–H and O–H groups in total. The zero-order chi connectivity index (χ0) is 17.6. The zero-order valence-electron chi connectivity index (χ0n) is 13.9. The van der Waals surface area contributed by atoms with Gasteiger partial charge in [-0.2, -0.15) is 0 Å². The molecule has 2 atom stereocenters. The van der Waals surface area contributed by atoms with Gasteiger partial charge in [0.1, 0.15) is 6.04 Å². The van der Waals surface area contributed by atoms with Gasteiger partial charge in [0.25, 0.3) is 5.91 Å². The summed E-state index contributed by atoms with van der Waals surface area (Å²) in [4.78, 5) is 30.6. The molecule has 2 aliphatic rings. The van der Waals surface area contributed by atoms with Crippen LogP contribution in [0.2, 0.25) is 5.02 Å². The van der Waals surface area contributed by atoms with Crippen LogP contribution in [0, 0.1) is 0 Å². The Kier molecular flexibility index (Phi) is 4.00. The number of amides is 2. The minimum Gasteiger partial charge on any atom is -0.367 e. The predicted molar refractivity (Wildman–Crippen MR) is 99.2 cm³/mol. The van der Waals surface area contributed by atoms with Crippen molar-refractivity contribution in [1.82, 2.24) is 15.6 Å². The maximum atomic E-state index is 12.4. The highest BCUT2D eigenvalue weighted by atomic mass is 35.5. The number of anilines is 1. The molecule has 0 spiro atoms. The first-order valence-corrected chi connectivity index (χ1v) is 8.85. The normalized spacial score (nSPS) is 22.6. The van der Waals surface area contributed by atoms with Crippen molar-refractivity contribution < 1.29 is 11.0 Å². The van der Waals surface area contributed by atoms with Crippen LogP contribution in [0.1, 0.15) is 31.6 Å². The van der Waals surface area contributed by atoms with Crippen LogP contribution in [0.4, 0.5) is 5.69 Å². The van der Waals surface area contributed by atoms with Gasteiger partial charge in [0.05, 0.1) is 21.8 Å². The summed E-state index contributed by atoms with van der Waals surface area (Å²) in [6.45, 7) is 3.76. The highest BCUT2D eigenvalue weighted by Gasteiger charge is 2.27. The second-order valence-corrected chi connectivity index (χ2v) is 7.06. The molecular weight excluding hydrogens is 340 g/mol. The molecule has 0 aliphatic carbocycles. The number of rotatable bonds is 3. The Bertz CT molecular complexity index is 876. The first-order valence-electron chi connectivity index (χ1n) is 8.47. The lowest BCUT2D eigenvalue weighted by Gasteiger charge is -2.41. The van der Waals surface area contributed by atoms with Crippen LogP contribution in [-0.4, -0.2) is 42.0 Å². The topological polar surface area (TPSA) is 74.3 Å². The Morgan fingerprint density at radius 3 is 2.88 bits per heavy atom. The van der Waals surface area contributed by atoms with Crippen LogP contribution >= 0.6 is 11.6 Å². The highest BCUT2D eigenvalue weighted by molar-refractivity contribution is 6.34. The van der Waals surface area contributed by atoms with Gasteiger partial charge >= 0.3 is 0 Å². The van der Waals surface area contributed by atoms with Crippen molar-refractivity contribution in [2.75, 3.05) is 18.0 Å². The second-order valence-electron chi connectivity index (χ2n) is 6.66. The summed E-state index contributed by atoms with van der Waals surface area (Å²) >= 11 is 6.44. The Morgan fingerprint density at radius 1 is 1.40 bits per heavy atom. The van der Waals surface area contributed by atoms with E-state index >= 15 is 0 Å². The fourth-order valence-corrected chi connectivity index (χ4v) is 3.61. The number of nitrogens with zero attached hydrogens (tertiary/aromatic N) is 2. The zero-order valence-corrected chi connectivity index (χ0v) is 14.6. The lowest BCUT2D eigenvalue weighted by molar-refractivity contribution is -0.120. The van der Waals surface area contributed by atoms with Crippen molar-refractivity contribution in [3.8, 4) is 0 Å². The van der Waals surface area contributed by atoms with Gasteiger partial charge in [-0.25, -0.2) is 0 Å². The van der Waals surface area contributed by atoms with Crippen molar-refractivity contribution in [3.63, 3.8) is 0 Å². The van der Waals surface area contributed by atoms with Crippen molar-refractivity contribution in [1.29, 1.82) is 0 Å². The summed E-state index contributed by atoms with van der Waals surface area (Å²) in [7, 11) is 0. The second kappa shape index (κ2) is 6.19. The van der Waals surface area contributed by atoms with Gasteiger partial charge < -0.3 is 15.5 Å². The molecule has 4 rings (SSSR count). The molecule has 1 aromatic heterocycles. The van der Waals surface area contributed by atoms with E-state index in [1.165, 1.54) is 0 Å². The molecule has 1 unspecified atom stereocenters. The Hall–Kier alpha value is -2.34. The van der Waals surface area contributed by atoms with Crippen molar-refractivity contribution >= 4 is 40.0 Å². The van der Waals surface area contributed by atoms with Gasteiger partial charge in [0.2, 0.25) is 5.91 Å². The van der Waals surface area contributed by atoms with Gasteiger partial charge in [-0.1, -0.05) is 11.6 Å². The van der Waals surface area contributed by atoms with Crippen LogP contribution in [0.5, 0.6) is 0 Å². The van der Waals surface area contributed by atoms with E-state index in [1.807, 2.05) is 12.1 Å². The third kappa shape index (κ3) is 2.91. The predicted octanol–water partition coefficient (Wildman–Crippen LogP) is 2.35. The van der Waals surface area contributed by atoms with Crippen LogP contribution < -0.4 is 15.5 Å². The quantitative estimate of drug-likeness (QED) is 0.881. The molecule has 25 heavy (non-hydrogen) atoms. The van der Waals surface area contributed by atoms with E-state index in [-0.39, 0.29) is 13.2 Å². The first-order chi connectivity index (χ1) is 12.0. The lowest BCUT2D eigenvalue weighted by Crippen LogP contribution is -2.45. The smallest absolute Gasteiger partial charge is 0.253 e. The minimum absolute atomic E-state index is 0. The van der Waals surface area contributed by atoms with Crippen molar-refractivity contribution in [3.05, 3.63) is 35.0 Å². The lowest BCUT2D eigenvalue weighted by atomic mass is 10.0. The third-order valence-electron chi connectivity index (χ3n) is 5.00. The summed E-state index contributed by atoms with van der Waals surface area (Å²) in [5.74, 6) is -0.438. The molecule has 132 valence electrons. The third-order valence-corrected chi connectivity index (χ3v) is 5.30. The monoisotopic (exact) mass is 360 g/mol. The Labute approximate surface area is 152 Å². The maximum Gasteiger partial charge on any atom is 0.253 e. The molecule has 0 radical (unpaired) electrons. The van der Waals surface area contributed by atoms with Crippen LogP contribution in [0.25, 0.3) is 10.9 Å². The van der Waals surface area contributed by atoms with E-state index in [9.17, 15) is 9.59 Å². The van der Waals surface area contributed by atoms with Crippen LogP contribution in [-0.2, 0) is 4.79 Å². The number of carbonyl (C=O) groups is 2. The molecule has 2 aliphatic heterocycles. The first kappa shape index (κ1) is 16.1. The summed E-state index contributed by atoms with van der Waals surface area (Å²) in [6.07, 6.45) is 3.31. The molecule has 0 bridgehead atoms. The van der Waals surface area contributed by atoms with Crippen LogP contribution in [0.3, 0.4) is 0 Å². The molecule has 2 aromatic rings. The fraction of sp³-hybridized carbons (Fsp3) is 0.389. The Balaban J connectivity index is 0.00000196. The number of carbonyl (C=O) groups excluding carboxylic acids is 2. The molecule has 7 heteroatoms. The number of halogens is 1. The van der Waals surface area contributed by atoms with E-state index in [2.05, 4.69) is 27.4 Å². The maximum absolute atomic E-state index is 12.4. The number of aromatic nitrogens is 1. The Morgan fingerprint density at radius 2 is 2.24 bits per heavy atom. The van der Waals surface area contributed by atoms with Crippen molar-refractivity contribution in [2.45, 2.75) is 31.8 Å². The molecule has 6 nitrogen and oxygen atoms in total. The highest BCUT2D eigenvalue weighted by Crippen LogP contribution is 2.35. The number of hydrogen-bond acceptors (Lipinski definition) is 4. The van der Waals surface area contributed by atoms with E-state index in [0.29, 0.717) is 29.6 Å². The summed E-state index contributed by atoms with van der Waals surface area (Å²) in [5, 5.41) is 6.92. The molecule has 2 saturated heterocycles. The van der Waals surface area contributed by atoms with Gasteiger partial charge in [-0.3, -0.25) is 14.6 Å². The number of pyridine rings is 1. The van der Waals surface area contributed by atoms with Gasteiger partial charge in [-0.05, 0) is 38.0 Å². The number of benzene rings is 1. The molecular formula is C18H21ClN4O2. The summed E-state index contributed by atoms with van der Waals surface area (Å²) in [5.41, 5.74) is 2.21. The van der Waals surface area contributed by atoms with E-state index < -0.39 is 6.04 Å². The molecule has 2 fully saturated rings. The molecule has 0 saturated carbocycles. The molecule has 1 aromatic carbocycles. The standard InChI is InChI=1S/C18H19ClN4O2.H2/c1-10-3-5-23(10)16-8-15-11(7-13(16)19)6-12(9-21-15)17(24)22-14-2-4-20-18(14)25;/h6-10,14H,2-5H2,1H3,(H,20,25)(H,22,24);1H/t10?,14-;/m0./s1. The summed E-state index contributed by atoms with van der Waals surface area (Å²) < 4.78 is 0. The average Bonchev–Trinajstić information content (AvgIpc) is 2.98. The molecule has 2 amide bonds. The van der Waals surface area contributed by atoms with Crippen LogP contribution in [0.15, 0.2) is 24.4 Å². The SMILES string of the molecule is CC1CCN1c1cc2ncc(C(=O)N[C@H]3CCNC3=O)cc2cc1Cl.[HH]. The van der Waals surface area contributed by atoms with Gasteiger partial charge in [-0.15, -0.1) is 0 Å². The number of fused-ring (bicyclic) bond motifs is 1. The molecule has 3 heterocycles.